The van der Waals surface area contributed by atoms with Crippen molar-refractivity contribution < 1.29 is 25.2 Å². The van der Waals surface area contributed by atoms with Crippen molar-refractivity contribution in [3.8, 4) is 0 Å². The van der Waals surface area contributed by atoms with Gasteiger partial charge in [0.25, 0.3) is 0 Å². The molecule has 0 amide bonds. The summed E-state index contributed by atoms with van der Waals surface area (Å²) in [6.45, 7) is -0.536. The van der Waals surface area contributed by atoms with Crippen LogP contribution in [-0.2, 0) is 4.74 Å². The van der Waals surface area contributed by atoms with Crippen molar-refractivity contribution in [2.75, 3.05) is 6.61 Å². The molecule has 0 spiro atoms. The Morgan fingerprint density at radius 2 is 2.00 bits per heavy atom. The van der Waals surface area contributed by atoms with Crippen LogP contribution >= 0.6 is 0 Å². The lowest BCUT2D eigenvalue weighted by molar-refractivity contribution is -0.131. The van der Waals surface area contributed by atoms with E-state index in [2.05, 4.69) is 10.0 Å². The first-order valence-corrected chi connectivity index (χ1v) is 3.96. The summed E-state index contributed by atoms with van der Waals surface area (Å²) in [7, 11) is 0. The van der Waals surface area contributed by atoms with Crippen LogP contribution in [0, 0.1) is 0 Å². The summed E-state index contributed by atoms with van der Waals surface area (Å²) in [6, 6.07) is -1.03. The highest BCUT2D eigenvalue weighted by Gasteiger charge is 2.45. The molecule has 8 heteroatoms. The topological polar surface area (TPSA) is 139 Å². The van der Waals surface area contributed by atoms with Gasteiger partial charge < -0.3 is 25.2 Å². The molecule has 1 aliphatic rings. The number of nitrogens with zero attached hydrogens (tertiary/aromatic N) is 3. The molecule has 0 aromatic rings. The second-order valence-electron chi connectivity index (χ2n) is 2.93. The van der Waals surface area contributed by atoms with Crippen LogP contribution in [0.5, 0.6) is 0 Å². The predicted octanol–water partition coefficient (Wildman–Crippen LogP) is -1.90. The maximum absolute atomic E-state index is 9.33. The smallest absolute Gasteiger partial charge is 0.183 e. The van der Waals surface area contributed by atoms with E-state index in [1.54, 1.807) is 0 Å². The largest absolute Gasteiger partial charge is 0.396 e. The summed E-state index contributed by atoms with van der Waals surface area (Å²) in [5, 5.41) is 39.4. The second kappa shape index (κ2) is 4.56. The number of rotatable bonds is 3. The Hall–Kier alpha value is -0.890. The summed E-state index contributed by atoms with van der Waals surface area (Å²) in [6.07, 6.45) is -5.46. The fraction of sp³-hybridized carbons (Fsp3) is 1.00. The molecule has 5 atom stereocenters. The van der Waals surface area contributed by atoms with E-state index in [1.165, 1.54) is 0 Å². The molecule has 1 saturated heterocycles. The minimum atomic E-state index is -1.53. The molecule has 8 nitrogen and oxygen atoms in total. The molecule has 0 aliphatic carbocycles. The molecule has 0 saturated carbocycles. The Morgan fingerprint density at radius 1 is 1.36 bits per heavy atom. The third-order valence-corrected chi connectivity index (χ3v) is 2.04. The molecule has 1 rings (SSSR count). The monoisotopic (exact) mass is 205 g/mol. The zero-order valence-electron chi connectivity index (χ0n) is 7.13. The van der Waals surface area contributed by atoms with E-state index in [9.17, 15) is 5.11 Å². The normalized spacial score (nSPS) is 39.1. The molecule has 4 N–H and O–H groups in total. The Morgan fingerprint density at radius 3 is 2.36 bits per heavy atom. The van der Waals surface area contributed by atoms with Gasteiger partial charge >= 0.3 is 0 Å². The number of ether oxygens (including phenoxy) is 1. The highest BCUT2D eigenvalue weighted by atomic mass is 16.6. The van der Waals surface area contributed by atoms with E-state index in [0.29, 0.717) is 0 Å². The van der Waals surface area contributed by atoms with Gasteiger partial charge in [0.1, 0.15) is 18.3 Å². The highest BCUT2D eigenvalue weighted by Crippen LogP contribution is 2.23. The number of azide groups is 1. The third-order valence-electron chi connectivity index (χ3n) is 2.04. The molecule has 0 radical (unpaired) electrons. The van der Waals surface area contributed by atoms with Crippen LogP contribution in [0.15, 0.2) is 5.11 Å². The van der Waals surface area contributed by atoms with Crippen LogP contribution in [-0.4, -0.2) is 57.7 Å². The third kappa shape index (κ3) is 1.95. The molecule has 1 aliphatic heterocycles. The van der Waals surface area contributed by atoms with Crippen LogP contribution < -0.4 is 0 Å². The van der Waals surface area contributed by atoms with Crippen LogP contribution in [0.4, 0.5) is 0 Å². The van der Waals surface area contributed by atoms with Gasteiger partial charge in [-0.3, -0.25) is 0 Å². The van der Waals surface area contributed by atoms with Crippen molar-refractivity contribution in [2.45, 2.75) is 30.6 Å². The Balaban J connectivity index is 2.73. The van der Waals surface area contributed by atoms with Crippen molar-refractivity contribution in [1.29, 1.82) is 0 Å². The summed E-state index contributed by atoms with van der Waals surface area (Å²) in [5.41, 5.74) is 8.13. The van der Waals surface area contributed by atoms with E-state index in [0.717, 1.165) is 0 Å². The summed E-state index contributed by atoms with van der Waals surface area (Å²) >= 11 is 0. The van der Waals surface area contributed by atoms with Crippen LogP contribution in [0.3, 0.4) is 0 Å². The molecular weight excluding hydrogens is 194 g/mol. The standard InChI is InChI=1S/C6H11N3O5/c7-9-8-2(1-10)5-3(11)4(12)6(13)14-5/h2-6,10-13H,1H2/t2-,3+,4+,5+,6-/m0/s1. The lowest BCUT2D eigenvalue weighted by Crippen LogP contribution is -2.39. The van der Waals surface area contributed by atoms with E-state index >= 15 is 0 Å². The molecule has 1 fully saturated rings. The number of hydrogen-bond donors (Lipinski definition) is 4. The zero-order chi connectivity index (χ0) is 10.7. The maximum Gasteiger partial charge on any atom is 0.183 e. The molecule has 14 heavy (non-hydrogen) atoms. The molecular formula is C6H11N3O5. The van der Waals surface area contributed by atoms with Gasteiger partial charge in [0.2, 0.25) is 0 Å². The first-order chi connectivity index (χ1) is 6.61. The minimum absolute atomic E-state index is 0.536. The minimum Gasteiger partial charge on any atom is -0.396 e. The Bertz CT molecular complexity index is 244. The lowest BCUT2D eigenvalue weighted by atomic mass is 10.1. The van der Waals surface area contributed by atoms with Crippen molar-refractivity contribution in [2.24, 2.45) is 5.11 Å². The van der Waals surface area contributed by atoms with E-state index in [-0.39, 0.29) is 0 Å². The Kier molecular flexibility index (Phi) is 3.64. The quantitative estimate of drug-likeness (QED) is 0.242. The van der Waals surface area contributed by atoms with Gasteiger partial charge in [-0.25, -0.2) is 0 Å². The van der Waals surface area contributed by atoms with Gasteiger partial charge in [0.05, 0.1) is 12.6 Å². The molecule has 0 unspecified atom stereocenters. The lowest BCUT2D eigenvalue weighted by Gasteiger charge is -2.18. The number of hydrogen-bond acceptors (Lipinski definition) is 6. The molecule has 0 bridgehead atoms. The van der Waals surface area contributed by atoms with Gasteiger partial charge in [-0.15, -0.1) is 0 Å². The fourth-order valence-electron chi connectivity index (χ4n) is 1.28. The van der Waals surface area contributed by atoms with E-state index in [4.69, 9.17) is 25.6 Å². The van der Waals surface area contributed by atoms with E-state index in [1.807, 2.05) is 0 Å². The van der Waals surface area contributed by atoms with Crippen LogP contribution in [0.2, 0.25) is 0 Å². The van der Waals surface area contributed by atoms with Gasteiger partial charge in [0, 0.05) is 4.91 Å². The molecule has 1 heterocycles. The highest BCUT2D eigenvalue weighted by molar-refractivity contribution is 4.93. The van der Waals surface area contributed by atoms with Crippen molar-refractivity contribution >= 4 is 0 Å². The summed E-state index contributed by atoms with van der Waals surface area (Å²) in [4.78, 5) is 2.45. The fourth-order valence-corrected chi connectivity index (χ4v) is 1.28. The molecule has 0 aromatic carbocycles. The SMILES string of the molecule is [N-]=[N+]=N[C@@H](CO)[C@H]1O[C@H](O)[C@H](O)[C@H]1O. The van der Waals surface area contributed by atoms with Crippen molar-refractivity contribution in [1.82, 2.24) is 0 Å². The van der Waals surface area contributed by atoms with Gasteiger partial charge in [-0.2, -0.15) is 0 Å². The Labute approximate surface area is 79.0 Å². The molecule has 0 aromatic heterocycles. The average molecular weight is 205 g/mol. The van der Waals surface area contributed by atoms with Gasteiger partial charge in [0.15, 0.2) is 6.29 Å². The van der Waals surface area contributed by atoms with Gasteiger partial charge in [-0.1, -0.05) is 5.11 Å². The van der Waals surface area contributed by atoms with Crippen molar-refractivity contribution in [3.05, 3.63) is 10.4 Å². The maximum atomic E-state index is 9.33. The average Bonchev–Trinajstić information content (AvgIpc) is 2.42. The molecule has 80 valence electrons. The first kappa shape index (κ1) is 11.2. The summed E-state index contributed by atoms with van der Waals surface area (Å²) < 4.78 is 4.72. The number of aliphatic hydroxyl groups is 4. The number of aliphatic hydroxyl groups excluding tert-OH is 4. The van der Waals surface area contributed by atoms with E-state index < -0.39 is 37.3 Å². The predicted molar refractivity (Wildman–Crippen MR) is 42.9 cm³/mol. The van der Waals surface area contributed by atoms with Gasteiger partial charge in [-0.05, 0) is 5.53 Å². The second-order valence-corrected chi connectivity index (χ2v) is 2.93. The zero-order valence-corrected chi connectivity index (χ0v) is 7.13. The van der Waals surface area contributed by atoms with Crippen LogP contribution in [0.1, 0.15) is 0 Å². The first-order valence-electron chi connectivity index (χ1n) is 3.96. The van der Waals surface area contributed by atoms with Crippen molar-refractivity contribution in [3.63, 3.8) is 0 Å². The van der Waals surface area contributed by atoms with Crippen LogP contribution in [0.25, 0.3) is 10.4 Å². The summed E-state index contributed by atoms with van der Waals surface area (Å²) in [5.74, 6) is 0.